The molecule has 0 saturated carbocycles. The van der Waals surface area contributed by atoms with Crippen LogP contribution in [0.4, 0.5) is 10.1 Å². The van der Waals surface area contributed by atoms with Crippen LogP contribution in [0.1, 0.15) is 16.7 Å². The Balaban J connectivity index is 2.14. The summed E-state index contributed by atoms with van der Waals surface area (Å²) in [4.78, 5) is 2.15. The maximum Gasteiger partial charge on any atom is 0.123 e. The van der Waals surface area contributed by atoms with Gasteiger partial charge in [0.25, 0.3) is 0 Å². The van der Waals surface area contributed by atoms with Crippen LogP contribution in [-0.2, 0) is 13.1 Å². The molecule has 2 rings (SSSR count). The fourth-order valence-electron chi connectivity index (χ4n) is 2.45. The number of hydrogen-bond donors (Lipinski definition) is 1. The lowest BCUT2D eigenvalue weighted by atomic mass is 10.1. The van der Waals surface area contributed by atoms with E-state index in [9.17, 15) is 4.39 Å². The van der Waals surface area contributed by atoms with Crippen LogP contribution in [0.3, 0.4) is 0 Å². The second-order valence-electron chi connectivity index (χ2n) is 5.14. The number of anilines is 1. The number of nitrogens with one attached hydrogen (secondary N) is 1. The summed E-state index contributed by atoms with van der Waals surface area (Å²) in [6.07, 6.45) is 0. The van der Waals surface area contributed by atoms with Crippen molar-refractivity contribution in [1.29, 1.82) is 0 Å². The molecule has 0 aromatic heterocycles. The van der Waals surface area contributed by atoms with Crippen molar-refractivity contribution in [3.63, 3.8) is 0 Å². The lowest BCUT2D eigenvalue weighted by Crippen LogP contribution is -2.17. The first kappa shape index (κ1) is 14.5. The molecule has 0 atom stereocenters. The van der Waals surface area contributed by atoms with E-state index in [1.54, 1.807) is 12.1 Å². The van der Waals surface area contributed by atoms with Gasteiger partial charge in [-0.1, -0.05) is 24.3 Å². The third-order valence-corrected chi connectivity index (χ3v) is 3.36. The minimum absolute atomic E-state index is 0.183. The molecule has 0 aliphatic heterocycles. The number of halogens is 1. The van der Waals surface area contributed by atoms with Gasteiger partial charge in [0.1, 0.15) is 5.82 Å². The third-order valence-electron chi connectivity index (χ3n) is 3.36. The molecular weight excluding hydrogens is 251 g/mol. The van der Waals surface area contributed by atoms with Crippen molar-refractivity contribution in [1.82, 2.24) is 5.32 Å². The van der Waals surface area contributed by atoms with Gasteiger partial charge in [0.15, 0.2) is 0 Å². The predicted octanol–water partition coefficient (Wildman–Crippen LogP) is 3.49. The monoisotopic (exact) mass is 272 g/mol. The van der Waals surface area contributed by atoms with Gasteiger partial charge in [0.05, 0.1) is 0 Å². The second-order valence-corrected chi connectivity index (χ2v) is 5.14. The van der Waals surface area contributed by atoms with E-state index in [1.165, 1.54) is 22.9 Å². The Morgan fingerprint density at radius 2 is 1.90 bits per heavy atom. The molecule has 2 aromatic rings. The van der Waals surface area contributed by atoms with Crippen LogP contribution in [0.25, 0.3) is 0 Å². The number of aryl methyl sites for hydroxylation is 1. The molecule has 0 heterocycles. The summed E-state index contributed by atoms with van der Waals surface area (Å²) in [5, 5.41) is 3.15. The van der Waals surface area contributed by atoms with E-state index < -0.39 is 0 Å². The average Bonchev–Trinajstić information content (AvgIpc) is 2.39. The highest BCUT2D eigenvalue weighted by molar-refractivity contribution is 5.54. The van der Waals surface area contributed by atoms with E-state index >= 15 is 0 Å². The fourth-order valence-corrected chi connectivity index (χ4v) is 2.45. The second kappa shape index (κ2) is 6.53. The van der Waals surface area contributed by atoms with Crippen molar-refractivity contribution in [2.24, 2.45) is 0 Å². The first-order chi connectivity index (χ1) is 9.60. The SMILES string of the molecule is CNCc1ccc(N(C)Cc2cccc(F)c2)c(C)c1. The third kappa shape index (κ3) is 3.58. The van der Waals surface area contributed by atoms with Gasteiger partial charge in [-0.05, 0) is 48.9 Å². The van der Waals surface area contributed by atoms with Crippen molar-refractivity contribution in [3.05, 3.63) is 65.0 Å². The Kier molecular flexibility index (Phi) is 4.74. The Morgan fingerprint density at radius 1 is 1.10 bits per heavy atom. The van der Waals surface area contributed by atoms with Gasteiger partial charge < -0.3 is 10.2 Å². The lowest BCUT2D eigenvalue weighted by Gasteiger charge is -2.22. The lowest BCUT2D eigenvalue weighted by molar-refractivity contribution is 0.625. The number of rotatable bonds is 5. The van der Waals surface area contributed by atoms with Crippen LogP contribution in [0, 0.1) is 12.7 Å². The minimum Gasteiger partial charge on any atom is -0.370 e. The average molecular weight is 272 g/mol. The Morgan fingerprint density at radius 3 is 2.55 bits per heavy atom. The van der Waals surface area contributed by atoms with Crippen LogP contribution < -0.4 is 10.2 Å². The summed E-state index contributed by atoms with van der Waals surface area (Å²) < 4.78 is 13.2. The Bertz CT molecular complexity index is 581. The molecule has 0 spiro atoms. The van der Waals surface area contributed by atoms with Crippen LogP contribution in [0.15, 0.2) is 42.5 Å². The quantitative estimate of drug-likeness (QED) is 0.896. The Labute approximate surface area is 120 Å². The molecule has 0 aliphatic rings. The molecule has 0 saturated heterocycles. The highest BCUT2D eigenvalue weighted by atomic mass is 19.1. The van der Waals surface area contributed by atoms with Gasteiger partial charge >= 0.3 is 0 Å². The molecule has 20 heavy (non-hydrogen) atoms. The van der Waals surface area contributed by atoms with Crippen LogP contribution >= 0.6 is 0 Å². The first-order valence-electron chi connectivity index (χ1n) is 6.80. The number of hydrogen-bond acceptors (Lipinski definition) is 2. The van der Waals surface area contributed by atoms with E-state index in [2.05, 4.69) is 35.3 Å². The van der Waals surface area contributed by atoms with Gasteiger partial charge in [-0.3, -0.25) is 0 Å². The standard InChI is InChI=1S/C17H21FN2/c1-13-9-14(11-19-2)7-8-17(13)20(3)12-15-5-4-6-16(18)10-15/h4-10,19H,11-12H2,1-3H3. The van der Waals surface area contributed by atoms with E-state index in [0.717, 1.165) is 12.1 Å². The fraction of sp³-hybridized carbons (Fsp3) is 0.294. The van der Waals surface area contributed by atoms with Crippen LogP contribution in [-0.4, -0.2) is 14.1 Å². The summed E-state index contributed by atoms with van der Waals surface area (Å²) >= 11 is 0. The van der Waals surface area contributed by atoms with Crippen molar-refractivity contribution in [2.45, 2.75) is 20.0 Å². The number of benzene rings is 2. The van der Waals surface area contributed by atoms with Crippen molar-refractivity contribution in [3.8, 4) is 0 Å². The van der Waals surface area contributed by atoms with Crippen molar-refractivity contribution >= 4 is 5.69 Å². The smallest absolute Gasteiger partial charge is 0.123 e. The van der Waals surface area contributed by atoms with Gasteiger partial charge in [-0.25, -0.2) is 4.39 Å². The van der Waals surface area contributed by atoms with E-state index in [4.69, 9.17) is 0 Å². The predicted molar refractivity (Wildman–Crippen MR) is 82.4 cm³/mol. The molecule has 0 aliphatic carbocycles. The minimum atomic E-state index is -0.183. The molecule has 3 heteroatoms. The zero-order valence-corrected chi connectivity index (χ0v) is 12.3. The molecule has 0 unspecified atom stereocenters. The summed E-state index contributed by atoms with van der Waals surface area (Å²) in [6.45, 7) is 3.68. The van der Waals surface area contributed by atoms with Gasteiger partial charge in [0.2, 0.25) is 0 Å². The summed E-state index contributed by atoms with van der Waals surface area (Å²) in [5.41, 5.74) is 4.66. The summed E-state index contributed by atoms with van der Waals surface area (Å²) in [7, 11) is 3.98. The first-order valence-corrected chi connectivity index (χ1v) is 6.80. The van der Waals surface area contributed by atoms with E-state index in [1.807, 2.05) is 20.2 Å². The Hall–Kier alpha value is -1.87. The summed E-state index contributed by atoms with van der Waals surface area (Å²) in [6, 6.07) is 13.2. The molecule has 0 amide bonds. The van der Waals surface area contributed by atoms with Crippen LogP contribution in [0.2, 0.25) is 0 Å². The molecule has 0 bridgehead atoms. The maximum absolute atomic E-state index is 13.2. The molecular formula is C17H21FN2. The molecule has 106 valence electrons. The zero-order valence-electron chi connectivity index (χ0n) is 12.3. The highest BCUT2D eigenvalue weighted by Gasteiger charge is 2.06. The molecule has 0 fully saturated rings. The molecule has 0 radical (unpaired) electrons. The molecule has 2 nitrogen and oxygen atoms in total. The zero-order chi connectivity index (χ0) is 14.5. The highest BCUT2D eigenvalue weighted by Crippen LogP contribution is 2.22. The summed E-state index contributed by atoms with van der Waals surface area (Å²) in [5.74, 6) is -0.183. The van der Waals surface area contributed by atoms with Gasteiger partial charge in [-0.2, -0.15) is 0 Å². The van der Waals surface area contributed by atoms with E-state index in [0.29, 0.717) is 6.54 Å². The molecule has 2 aromatic carbocycles. The van der Waals surface area contributed by atoms with Crippen molar-refractivity contribution in [2.75, 3.05) is 19.0 Å². The van der Waals surface area contributed by atoms with Crippen LogP contribution in [0.5, 0.6) is 0 Å². The maximum atomic E-state index is 13.2. The topological polar surface area (TPSA) is 15.3 Å². The number of nitrogens with zero attached hydrogens (tertiary/aromatic N) is 1. The molecule has 1 N–H and O–H groups in total. The normalized spacial score (nSPS) is 10.6. The van der Waals surface area contributed by atoms with E-state index in [-0.39, 0.29) is 5.82 Å². The van der Waals surface area contributed by atoms with Crippen molar-refractivity contribution < 1.29 is 4.39 Å². The van der Waals surface area contributed by atoms with Gasteiger partial charge in [-0.15, -0.1) is 0 Å². The van der Waals surface area contributed by atoms with Gasteiger partial charge in [0, 0.05) is 25.8 Å². The largest absolute Gasteiger partial charge is 0.370 e.